The maximum absolute atomic E-state index is 3.29. The highest BCUT2D eigenvalue weighted by molar-refractivity contribution is 7.33. The van der Waals surface area contributed by atoms with Crippen molar-refractivity contribution in [2.24, 2.45) is 0 Å². The fraction of sp³-hybridized carbons (Fsp3) is 0.175. The quantitative estimate of drug-likeness (QED) is 0.105. The lowest BCUT2D eigenvalue weighted by Gasteiger charge is -2.45. The van der Waals surface area contributed by atoms with Gasteiger partial charge in [0, 0.05) is 60.4 Å². The minimum Gasteiger partial charge on any atom is -0.311 e. The number of benzene rings is 11. The highest BCUT2D eigenvalue weighted by Crippen LogP contribution is 2.50. The third kappa shape index (κ3) is 9.32. The summed E-state index contributed by atoms with van der Waals surface area (Å²) in [6, 6.07) is 96.4. The lowest BCUT2D eigenvalue weighted by Crippen LogP contribution is -2.75. The molecule has 422 valence electrons. The molecular weight excluding hydrogens is 1070 g/mol. The predicted molar refractivity (Wildman–Crippen MR) is 377 cm³/mol. The van der Waals surface area contributed by atoms with Crippen LogP contribution in [0.2, 0.25) is 0 Å². The molecule has 1 aromatic heterocycles. The first-order chi connectivity index (χ1) is 41.3. The molecule has 3 heterocycles. The lowest BCUT2D eigenvalue weighted by atomic mass is 9.36. The van der Waals surface area contributed by atoms with Crippen molar-refractivity contribution in [2.45, 2.75) is 92.4 Å². The van der Waals surface area contributed by atoms with Gasteiger partial charge in [0.05, 0.1) is 5.69 Å². The Kier molecular flexibility index (Phi) is 13.3. The molecule has 0 fully saturated rings. The number of rotatable bonds is 9. The number of anilines is 9. The second kappa shape index (κ2) is 20.8. The molecule has 0 aliphatic carbocycles. The van der Waals surface area contributed by atoms with Crippen LogP contribution in [0.5, 0.6) is 0 Å². The lowest BCUT2D eigenvalue weighted by molar-refractivity contribution is 0.590. The second-order valence-corrected chi connectivity index (χ2v) is 32.1. The van der Waals surface area contributed by atoms with Gasteiger partial charge in [-0.05, 0) is 174 Å². The Morgan fingerprint density at radius 1 is 0.384 bits per heavy atom. The Morgan fingerprint density at radius 2 is 0.872 bits per heavy atom. The first-order valence-corrected chi connectivity index (χ1v) is 33.4. The van der Waals surface area contributed by atoms with Crippen LogP contribution >= 0.6 is 11.3 Å². The zero-order chi connectivity index (χ0) is 59.4. The van der Waals surface area contributed by atoms with Gasteiger partial charge >= 0.3 is 0 Å². The summed E-state index contributed by atoms with van der Waals surface area (Å²) in [6.45, 7) is 25.2. The second-order valence-electron chi connectivity index (χ2n) is 27.2. The van der Waals surface area contributed by atoms with Crippen molar-refractivity contribution in [1.82, 2.24) is 0 Å². The Balaban J connectivity index is 1.16. The molecule has 3 nitrogen and oxygen atoms in total. The van der Waals surface area contributed by atoms with Gasteiger partial charge in [0.2, 0.25) is 0 Å². The van der Waals surface area contributed by atoms with E-state index in [1.807, 2.05) is 11.3 Å². The van der Waals surface area contributed by atoms with Gasteiger partial charge in [0.15, 0.2) is 8.07 Å². The van der Waals surface area contributed by atoms with E-state index in [0.717, 1.165) is 28.4 Å². The molecule has 0 bridgehead atoms. The van der Waals surface area contributed by atoms with E-state index < -0.39 is 8.07 Å². The summed E-state index contributed by atoms with van der Waals surface area (Å²) in [7, 11) is -3.29. The predicted octanol–water partition coefficient (Wildman–Crippen LogP) is 17.5. The van der Waals surface area contributed by atoms with Gasteiger partial charge < -0.3 is 14.7 Å². The van der Waals surface area contributed by atoms with Crippen molar-refractivity contribution in [3.63, 3.8) is 0 Å². The van der Waals surface area contributed by atoms with Gasteiger partial charge in [-0.1, -0.05) is 237 Å². The summed E-state index contributed by atoms with van der Waals surface area (Å²) in [4.78, 5) is 7.79. The van der Waals surface area contributed by atoms with E-state index in [1.54, 1.807) is 0 Å². The number of fused-ring (bicyclic) bond motifs is 7. The topological polar surface area (TPSA) is 9.72 Å². The molecule has 2 aliphatic heterocycles. The molecule has 6 heteroatoms. The van der Waals surface area contributed by atoms with Gasteiger partial charge in [0.1, 0.15) is 0 Å². The molecule has 0 unspecified atom stereocenters. The number of thiophene rings is 1. The number of hydrogen-bond donors (Lipinski definition) is 0. The van der Waals surface area contributed by atoms with Crippen molar-refractivity contribution in [2.75, 3.05) is 14.7 Å². The van der Waals surface area contributed by atoms with E-state index in [4.69, 9.17) is 0 Å². The summed E-state index contributed by atoms with van der Waals surface area (Å²) in [5.74, 6) is 0. The van der Waals surface area contributed by atoms with Crippen LogP contribution < -0.4 is 51.1 Å². The Bertz CT molecular complexity index is 4450. The molecule has 11 aromatic carbocycles. The largest absolute Gasteiger partial charge is 0.311 e. The number of nitrogens with zero attached hydrogens (tertiary/aromatic N) is 3. The zero-order valence-electron chi connectivity index (χ0n) is 51.5. The average molecular weight is 1150 g/mol. The van der Waals surface area contributed by atoms with E-state index in [-0.39, 0.29) is 23.0 Å². The molecule has 0 saturated heterocycles. The molecule has 86 heavy (non-hydrogen) atoms. The van der Waals surface area contributed by atoms with Crippen LogP contribution in [0, 0.1) is 13.8 Å². The number of hydrogen-bond acceptors (Lipinski definition) is 4. The van der Waals surface area contributed by atoms with Gasteiger partial charge in [-0.2, -0.15) is 0 Å². The molecular formula is C80H74BN3SSi. The van der Waals surface area contributed by atoms with E-state index in [9.17, 15) is 0 Å². The molecule has 2 aliphatic rings. The SMILES string of the molecule is Cc1ccc(N(c2ccc(C)cc2)c2ccc3c(c2)N(c2ccc(C(C)(C)C)cc2)c2cc([Si](c4ccccc4)(c4ccccc4)c4ccc5ccccc5c4)cc4c2B3c2sc3ccc(C(C)(C)C)cc3c2N4c2ccc(C(C)(C)C)cc2)cc1. The number of aryl methyl sites for hydroxylation is 2. The molecule has 0 atom stereocenters. The van der Waals surface area contributed by atoms with E-state index in [0.29, 0.717) is 0 Å². The van der Waals surface area contributed by atoms with Crippen LogP contribution in [-0.2, 0) is 16.2 Å². The maximum Gasteiger partial charge on any atom is 0.264 e. The third-order valence-electron chi connectivity index (χ3n) is 18.4. The molecule has 0 N–H and O–H groups in total. The minimum atomic E-state index is -3.29. The van der Waals surface area contributed by atoms with Crippen molar-refractivity contribution >= 4 is 135 Å². The van der Waals surface area contributed by atoms with Crippen LogP contribution in [0.15, 0.2) is 249 Å². The van der Waals surface area contributed by atoms with Gasteiger partial charge in [-0.3, -0.25) is 0 Å². The molecule has 0 amide bonds. The molecule has 0 radical (unpaired) electrons. The first kappa shape index (κ1) is 55.2. The van der Waals surface area contributed by atoms with Crippen LogP contribution in [-0.4, -0.2) is 14.8 Å². The van der Waals surface area contributed by atoms with Crippen molar-refractivity contribution < 1.29 is 0 Å². The van der Waals surface area contributed by atoms with Gasteiger partial charge in [-0.25, -0.2) is 0 Å². The standard InChI is InChI=1S/C80H74BN3SSi/c1-53-26-36-60(37-27-53)82(61-38-28-54(2)29-39-61)64-44-46-70-71(50-64)83(62-40-31-57(32-41-62)78(3,4)5)72-51-68(86(65-22-14-12-15-23-65,66-24-16-13-17-25-66)67-45-30-55-20-18-19-21-56(55)48-67)52-73-75(72)81(70)77-76(69-49-59(80(9,10)11)35-47-74(69)85-77)84(73)63-42-33-58(34-43-63)79(6,7)8/h12-52H,1-11H3. The van der Waals surface area contributed by atoms with E-state index in [1.165, 1.54) is 108 Å². The van der Waals surface area contributed by atoms with Crippen LogP contribution in [0.3, 0.4) is 0 Å². The summed E-state index contributed by atoms with van der Waals surface area (Å²) in [5.41, 5.74) is 19.4. The van der Waals surface area contributed by atoms with Crippen molar-refractivity contribution in [3.05, 3.63) is 277 Å². The third-order valence-corrected chi connectivity index (χ3v) is 24.3. The smallest absolute Gasteiger partial charge is 0.264 e. The Labute approximate surface area is 515 Å². The van der Waals surface area contributed by atoms with Crippen LogP contribution in [0.25, 0.3) is 20.9 Å². The molecule has 0 saturated carbocycles. The monoisotopic (exact) mass is 1150 g/mol. The van der Waals surface area contributed by atoms with Gasteiger partial charge in [0.25, 0.3) is 6.71 Å². The normalized spacial score (nSPS) is 13.2. The average Bonchev–Trinajstić information content (AvgIpc) is 1.18. The highest BCUT2D eigenvalue weighted by Gasteiger charge is 2.49. The fourth-order valence-electron chi connectivity index (χ4n) is 13.7. The summed E-state index contributed by atoms with van der Waals surface area (Å²) in [5, 5.41) is 9.12. The van der Waals surface area contributed by atoms with Gasteiger partial charge in [-0.15, -0.1) is 11.3 Å². The summed E-state index contributed by atoms with van der Waals surface area (Å²) in [6.07, 6.45) is 0. The van der Waals surface area contributed by atoms with E-state index in [2.05, 4.69) is 340 Å². The van der Waals surface area contributed by atoms with Crippen LogP contribution in [0.4, 0.5) is 51.2 Å². The highest BCUT2D eigenvalue weighted by atomic mass is 32.1. The van der Waals surface area contributed by atoms with Crippen LogP contribution in [0.1, 0.15) is 90.1 Å². The first-order valence-electron chi connectivity index (χ1n) is 30.6. The maximum atomic E-state index is 2.69. The fourth-order valence-corrected chi connectivity index (χ4v) is 19.8. The molecule has 0 spiro atoms. The molecule has 14 rings (SSSR count). The van der Waals surface area contributed by atoms with Crippen molar-refractivity contribution in [1.29, 1.82) is 0 Å². The summed E-state index contributed by atoms with van der Waals surface area (Å²) >= 11 is 1.98. The summed E-state index contributed by atoms with van der Waals surface area (Å²) < 4.78 is 2.66. The molecule has 12 aromatic rings. The zero-order valence-corrected chi connectivity index (χ0v) is 53.3. The van der Waals surface area contributed by atoms with Crippen molar-refractivity contribution in [3.8, 4) is 0 Å². The Morgan fingerprint density at radius 3 is 1.42 bits per heavy atom. The Hall–Kier alpha value is -8.68. The van der Waals surface area contributed by atoms with E-state index >= 15 is 0 Å². The minimum absolute atomic E-state index is 0.0248.